The summed E-state index contributed by atoms with van der Waals surface area (Å²) in [7, 11) is 0. The number of fused-ring (bicyclic) bond motifs is 1. The van der Waals surface area contributed by atoms with Gasteiger partial charge in [0, 0.05) is 115 Å². The summed E-state index contributed by atoms with van der Waals surface area (Å²) in [5.74, 6) is 5.04. The van der Waals surface area contributed by atoms with Crippen LogP contribution >= 0.6 is 0 Å². The van der Waals surface area contributed by atoms with Crippen LogP contribution in [0.15, 0.2) is 211 Å². The highest BCUT2D eigenvalue weighted by molar-refractivity contribution is 5.99. The number of halogens is 5. The van der Waals surface area contributed by atoms with Crippen LogP contribution in [0.5, 0.6) is 23.0 Å². The summed E-state index contributed by atoms with van der Waals surface area (Å²) in [4.78, 5) is 17.7. The van der Waals surface area contributed by atoms with Gasteiger partial charge >= 0.3 is 0 Å². The molecular weight excluding hydrogens is 1130 g/mol. The van der Waals surface area contributed by atoms with E-state index in [4.69, 9.17) is 47.6 Å². The van der Waals surface area contributed by atoms with Gasteiger partial charge in [0.1, 0.15) is 73.1 Å². The highest BCUT2D eigenvalue weighted by Gasteiger charge is 2.19. The molecule has 0 bridgehead atoms. The minimum absolute atomic E-state index is 0.145. The molecule has 0 saturated heterocycles. The first-order valence-corrected chi connectivity index (χ1v) is 27.3. The lowest BCUT2D eigenvalue weighted by Crippen LogP contribution is -2.25. The molecule has 3 aromatic heterocycles. The van der Waals surface area contributed by atoms with Crippen molar-refractivity contribution in [3.63, 3.8) is 0 Å². The maximum atomic E-state index is 12.4. The van der Waals surface area contributed by atoms with Crippen LogP contribution in [0.25, 0.3) is 34.0 Å². The second kappa shape index (κ2) is 37.5. The van der Waals surface area contributed by atoms with E-state index in [1.807, 2.05) is 84.9 Å². The molecule has 0 aliphatic carbocycles. The Hall–Kier alpha value is -9.79. The lowest BCUT2D eigenvalue weighted by atomic mass is 10.2. The first-order chi connectivity index (χ1) is 42.7. The van der Waals surface area contributed by atoms with Gasteiger partial charge in [-0.1, -0.05) is 18.2 Å². The van der Waals surface area contributed by atoms with Gasteiger partial charge in [-0.3, -0.25) is 10.1 Å². The van der Waals surface area contributed by atoms with Gasteiger partial charge in [-0.15, -0.1) is 0 Å². The third kappa shape index (κ3) is 22.0. The maximum Gasteiger partial charge on any atom is 0.155 e. The number of amidine groups is 1. The van der Waals surface area contributed by atoms with Crippen molar-refractivity contribution in [1.29, 1.82) is 0 Å². The number of hydrogen-bond donors (Lipinski definition) is 9. The number of rotatable bonds is 23. The number of para-hydroxylation sites is 1. The van der Waals surface area contributed by atoms with Crippen molar-refractivity contribution in [3.8, 4) is 57.0 Å². The summed E-state index contributed by atoms with van der Waals surface area (Å²) in [6.45, 7) is 4.78. The van der Waals surface area contributed by atoms with Crippen LogP contribution in [0.3, 0.4) is 0 Å². The maximum absolute atomic E-state index is 12.4. The van der Waals surface area contributed by atoms with Crippen LogP contribution in [-0.4, -0.2) is 132 Å². The van der Waals surface area contributed by atoms with E-state index in [2.05, 4.69) is 67.9 Å². The van der Waals surface area contributed by atoms with E-state index in [-0.39, 0.29) is 59.2 Å². The van der Waals surface area contributed by atoms with Gasteiger partial charge in [-0.05, 0) is 121 Å². The fourth-order valence-electron chi connectivity index (χ4n) is 7.75. The lowest BCUT2D eigenvalue weighted by molar-refractivity contribution is 0.347. The van der Waals surface area contributed by atoms with Crippen molar-refractivity contribution in [1.82, 2.24) is 45.9 Å². The zero-order valence-electron chi connectivity index (χ0n) is 47.7. The Morgan fingerprint density at radius 1 is 0.529 bits per heavy atom. The number of benzene rings is 5. The summed E-state index contributed by atoms with van der Waals surface area (Å²) in [6, 6.07) is 37.7. The molecular formula is C62H71F5N16O4. The van der Waals surface area contributed by atoms with Gasteiger partial charge < -0.3 is 62.8 Å². The minimum Gasteiger partial charge on any atom is -0.489 e. The Morgan fingerprint density at radius 2 is 1.00 bits per heavy atom. The Kier molecular flexibility index (Phi) is 28.6. The van der Waals surface area contributed by atoms with Crippen molar-refractivity contribution in [2.75, 3.05) is 90.2 Å². The van der Waals surface area contributed by atoms with E-state index < -0.39 is 0 Å². The number of nitrogens with two attached hydrogens (primary N) is 5. The molecule has 2 aliphatic rings. The van der Waals surface area contributed by atoms with Crippen LogP contribution in [0.4, 0.5) is 27.6 Å². The number of H-pyrrole nitrogens is 3. The molecule has 458 valence electrons. The number of nitrogens with zero attached hydrogens (tertiary/aromatic N) is 7. The largest absolute Gasteiger partial charge is 0.489 e. The van der Waals surface area contributed by atoms with E-state index in [1.165, 1.54) is 17.6 Å². The zero-order valence-corrected chi connectivity index (χ0v) is 47.7. The third-order valence-corrected chi connectivity index (χ3v) is 12.7. The number of nitrogens with one attached hydrogen (secondary N) is 4. The van der Waals surface area contributed by atoms with Gasteiger partial charge in [-0.2, -0.15) is 20.5 Å². The topological polar surface area (TPSA) is 306 Å². The quantitative estimate of drug-likeness (QED) is 0.0271. The zero-order chi connectivity index (χ0) is 61.9. The lowest BCUT2D eigenvalue weighted by Gasteiger charge is -2.19. The van der Waals surface area contributed by atoms with Crippen molar-refractivity contribution < 1.29 is 40.9 Å². The van der Waals surface area contributed by atoms with Crippen molar-refractivity contribution in [3.05, 3.63) is 217 Å². The van der Waals surface area contributed by atoms with Gasteiger partial charge in [0.25, 0.3) is 0 Å². The molecule has 2 aliphatic heterocycles. The Bertz CT molecular complexity index is 3170. The van der Waals surface area contributed by atoms with Crippen LogP contribution in [0, 0.1) is 0 Å². The number of anilines is 1. The molecule has 20 nitrogen and oxygen atoms in total. The third-order valence-electron chi connectivity index (χ3n) is 12.7. The first kappa shape index (κ1) is 66.4. The average molecular weight is 1200 g/mol. The predicted molar refractivity (Wildman–Crippen MR) is 329 cm³/mol. The molecule has 5 heterocycles. The SMILES string of the molecule is NC/C(=C/F)COc1ccc(-c2ncc[nH]2)cc1.NC/C(=C\F)CN1CCc2ccccc21.NC/C(=C\F)COc1ccc(-c2cn[nH]n2)cc1.NC/C(=C\F)COc1ccc(-c2ncn[nH]2)cc1.NC/C(=C\F)COc1ccc(C2=NCCN2)cc1. The molecule has 0 atom stereocenters. The van der Waals surface area contributed by atoms with Crippen LogP contribution < -0.4 is 57.8 Å². The molecule has 0 amide bonds. The van der Waals surface area contributed by atoms with Crippen molar-refractivity contribution in [2.24, 2.45) is 33.7 Å². The van der Waals surface area contributed by atoms with Gasteiger partial charge in [0.2, 0.25) is 0 Å². The van der Waals surface area contributed by atoms with E-state index in [9.17, 15) is 22.0 Å². The second-order valence-corrected chi connectivity index (χ2v) is 18.7. The molecule has 25 heteroatoms. The Balaban J connectivity index is 0.000000174. The smallest absolute Gasteiger partial charge is 0.155 e. The molecule has 0 spiro atoms. The van der Waals surface area contributed by atoms with Gasteiger partial charge in [-0.25, -0.2) is 31.9 Å². The predicted octanol–water partition coefficient (Wildman–Crippen LogP) is 8.68. The number of ether oxygens (including phenoxy) is 4. The first-order valence-electron chi connectivity index (χ1n) is 27.3. The number of aromatic amines is 3. The highest BCUT2D eigenvalue weighted by Crippen LogP contribution is 2.28. The number of aliphatic imine (C=N–C) groups is 1. The van der Waals surface area contributed by atoms with Gasteiger partial charge in [0.15, 0.2) is 5.82 Å². The normalized spacial score (nSPS) is 13.0. The van der Waals surface area contributed by atoms with Crippen LogP contribution in [0.2, 0.25) is 0 Å². The second-order valence-electron chi connectivity index (χ2n) is 18.7. The Morgan fingerprint density at radius 3 is 1.40 bits per heavy atom. The summed E-state index contributed by atoms with van der Waals surface area (Å²) >= 11 is 0. The fraction of sp³-hybridized carbons (Fsp3) is 0.226. The van der Waals surface area contributed by atoms with E-state index in [0.29, 0.717) is 94.9 Å². The molecule has 0 saturated carbocycles. The number of aromatic nitrogens is 8. The van der Waals surface area contributed by atoms with E-state index in [0.717, 1.165) is 65.7 Å². The summed E-state index contributed by atoms with van der Waals surface area (Å²) in [5.41, 5.74) is 36.2. The molecule has 14 N–H and O–H groups in total. The molecule has 5 aromatic carbocycles. The molecule has 8 aromatic rings. The molecule has 87 heavy (non-hydrogen) atoms. The van der Waals surface area contributed by atoms with Crippen LogP contribution in [0.1, 0.15) is 11.1 Å². The van der Waals surface area contributed by atoms with Crippen LogP contribution in [-0.2, 0) is 6.42 Å². The molecule has 10 rings (SSSR count). The standard InChI is InChI=1S/C13H16FN3O.C13H14FN3O.2C12H13FN4O.C12H15FN2/c2*14-7-10(8-15)9-18-12-3-1-11(2-4-12)13-16-5-6-17-13;13-5-9(6-14)8-18-11-3-1-10(2-4-11)12-7-15-17-16-12;13-5-9(6-14)7-18-11-3-1-10(2-4-11)12-15-8-16-17-12;13-7-10(8-14)9-15-6-5-11-3-1-2-4-12(11)15/h1-4,7H,5-6,8-9,15H2,(H,16,17);1-7H,8-9,15H2,(H,16,17);1-5,7H,6,8,14H2,(H,15,16,17);1-5,8H,6-7,14H2,(H,15,16,17);1-4,7H,5-6,8-9,14H2/b10-7+;10-7-;2*9-5+;10-7+. The number of hydrogen-bond acceptors (Lipinski definition) is 17. The molecule has 0 radical (unpaired) electrons. The fourth-order valence-corrected chi connectivity index (χ4v) is 7.75. The van der Waals surface area contributed by atoms with Crippen molar-refractivity contribution in [2.45, 2.75) is 6.42 Å². The monoisotopic (exact) mass is 1200 g/mol. The van der Waals surface area contributed by atoms with Crippen molar-refractivity contribution >= 4 is 11.5 Å². The minimum atomic E-state index is 0.145. The van der Waals surface area contributed by atoms with Gasteiger partial charge in [0.05, 0.1) is 44.4 Å². The summed E-state index contributed by atoms with van der Waals surface area (Å²) in [5, 5.41) is 20.0. The highest BCUT2D eigenvalue weighted by atomic mass is 19.1. The Labute approximate surface area is 500 Å². The summed E-state index contributed by atoms with van der Waals surface area (Å²) in [6.07, 6.45) is 10.1. The van der Waals surface area contributed by atoms with E-state index >= 15 is 0 Å². The average Bonchev–Trinajstić information content (AvgIpc) is 4.65. The number of imidazole rings is 1. The van der Waals surface area contributed by atoms with E-state index in [1.54, 1.807) is 42.9 Å². The molecule has 0 unspecified atom stereocenters. The summed E-state index contributed by atoms with van der Waals surface area (Å²) < 4.78 is 83.1. The molecule has 0 fully saturated rings.